The van der Waals surface area contributed by atoms with Crippen molar-refractivity contribution in [1.29, 1.82) is 0 Å². The zero-order chi connectivity index (χ0) is 17.8. The van der Waals surface area contributed by atoms with Gasteiger partial charge in [-0.2, -0.15) is 0 Å². The first-order valence-electron chi connectivity index (χ1n) is 6.74. The van der Waals surface area contributed by atoms with Crippen LogP contribution >= 0.6 is 18.2 Å². The monoisotopic (exact) mass is 361 g/mol. The summed E-state index contributed by atoms with van der Waals surface area (Å²) < 4.78 is 15.7. The summed E-state index contributed by atoms with van der Waals surface area (Å²) in [5, 5.41) is 0. The molecule has 1 aromatic rings. The molecule has 0 aliphatic rings. The van der Waals surface area contributed by atoms with E-state index < -0.39 is 30.5 Å². The molecule has 0 bridgehead atoms. The number of esters is 1. The van der Waals surface area contributed by atoms with Crippen LogP contribution in [0.1, 0.15) is 18.1 Å². The van der Waals surface area contributed by atoms with Gasteiger partial charge in [0, 0.05) is 0 Å². The minimum Gasteiger partial charge on any atom is -0.467 e. The van der Waals surface area contributed by atoms with E-state index in [-0.39, 0.29) is 11.4 Å². The SMILES string of the molecule is COC(=O)C(C)N(C(=O)CSP(=O)(O)O)c1c(C)cccc1C. The van der Waals surface area contributed by atoms with Crippen molar-refractivity contribution in [1.82, 2.24) is 0 Å². The number of para-hydroxylation sites is 1. The summed E-state index contributed by atoms with van der Waals surface area (Å²) in [6.07, 6.45) is 0. The van der Waals surface area contributed by atoms with E-state index in [1.807, 2.05) is 6.07 Å². The Morgan fingerprint density at radius 1 is 1.30 bits per heavy atom. The molecule has 128 valence electrons. The molecule has 0 heterocycles. The molecule has 0 aliphatic heterocycles. The van der Waals surface area contributed by atoms with Crippen molar-refractivity contribution in [3.63, 3.8) is 0 Å². The van der Waals surface area contributed by atoms with Gasteiger partial charge < -0.3 is 14.5 Å². The van der Waals surface area contributed by atoms with Crippen molar-refractivity contribution in [2.45, 2.75) is 26.8 Å². The van der Waals surface area contributed by atoms with Crippen LogP contribution in [0, 0.1) is 13.8 Å². The van der Waals surface area contributed by atoms with Gasteiger partial charge in [0.1, 0.15) is 6.04 Å². The topological polar surface area (TPSA) is 104 Å². The maximum atomic E-state index is 12.5. The Bertz CT molecular complexity index is 624. The Morgan fingerprint density at radius 2 is 1.83 bits per heavy atom. The second kappa shape index (κ2) is 7.97. The van der Waals surface area contributed by atoms with Gasteiger partial charge >= 0.3 is 12.8 Å². The summed E-state index contributed by atoms with van der Waals surface area (Å²) in [5.74, 6) is -1.63. The molecule has 0 aromatic heterocycles. The maximum absolute atomic E-state index is 12.5. The van der Waals surface area contributed by atoms with Gasteiger partial charge in [-0.15, -0.1) is 0 Å². The molecule has 1 aromatic carbocycles. The van der Waals surface area contributed by atoms with Gasteiger partial charge in [-0.1, -0.05) is 18.2 Å². The number of rotatable bonds is 6. The van der Waals surface area contributed by atoms with E-state index in [2.05, 4.69) is 0 Å². The third kappa shape index (κ3) is 5.35. The van der Waals surface area contributed by atoms with Gasteiger partial charge in [0.15, 0.2) is 0 Å². The minimum absolute atomic E-state index is 0.236. The first kappa shape index (κ1) is 19.7. The lowest BCUT2D eigenvalue weighted by atomic mass is 10.1. The number of benzene rings is 1. The van der Waals surface area contributed by atoms with Crippen LogP contribution in [0.3, 0.4) is 0 Å². The molecule has 23 heavy (non-hydrogen) atoms. The molecular weight excluding hydrogens is 341 g/mol. The number of hydrogen-bond acceptors (Lipinski definition) is 5. The van der Waals surface area contributed by atoms with E-state index in [1.54, 1.807) is 26.0 Å². The smallest absolute Gasteiger partial charge is 0.384 e. The van der Waals surface area contributed by atoms with Gasteiger partial charge in [0.25, 0.3) is 0 Å². The molecule has 0 fully saturated rings. The molecular formula is C14H20NO6PS. The van der Waals surface area contributed by atoms with Crippen molar-refractivity contribution in [3.05, 3.63) is 29.3 Å². The quantitative estimate of drug-likeness (QED) is 0.590. The van der Waals surface area contributed by atoms with E-state index in [0.717, 1.165) is 11.1 Å². The number of hydrogen-bond donors (Lipinski definition) is 2. The summed E-state index contributed by atoms with van der Waals surface area (Å²) in [6.45, 7) is 0.718. The van der Waals surface area contributed by atoms with E-state index in [1.165, 1.54) is 18.9 Å². The number of carbonyl (C=O) groups excluding carboxylic acids is 2. The highest BCUT2D eigenvalue weighted by molar-refractivity contribution is 8.54. The molecule has 1 rings (SSSR count). The summed E-state index contributed by atoms with van der Waals surface area (Å²) in [6, 6.07) is 4.50. The van der Waals surface area contributed by atoms with Gasteiger partial charge in [-0.05, 0) is 43.3 Å². The number of aryl methyl sites for hydroxylation is 2. The average Bonchev–Trinajstić information content (AvgIpc) is 2.46. The number of ether oxygens (including phenoxy) is 1. The van der Waals surface area contributed by atoms with Crippen molar-refractivity contribution < 1.29 is 28.7 Å². The zero-order valence-electron chi connectivity index (χ0n) is 13.3. The fourth-order valence-electron chi connectivity index (χ4n) is 2.20. The van der Waals surface area contributed by atoms with Gasteiger partial charge in [-0.3, -0.25) is 9.69 Å². The van der Waals surface area contributed by atoms with Gasteiger partial charge in [0.2, 0.25) is 5.91 Å². The second-order valence-corrected chi connectivity index (χ2v) is 8.70. The van der Waals surface area contributed by atoms with E-state index in [0.29, 0.717) is 5.69 Å². The zero-order valence-corrected chi connectivity index (χ0v) is 15.1. The average molecular weight is 361 g/mol. The lowest BCUT2D eigenvalue weighted by molar-refractivity contribution is -0.142. The Labute approximate surface area is 138 Å². The predicted molar refractivity (Wildman–Crippen MR) is 89.4 cm³/mol. The molecule has 1 atom stereocenters. The molecule has 0 radical (unpaired) electrons. The summed E-state index contributed by atoms with van der Waals surface area (Å²) in [7, 11) is 1.22. The fourth-order valence-corrected chi connectivity index (χ4v) is 3.46. The number of amides is 1. The number of anilines is 1. The third-order valence-corrected chi connectivity index (χ3v) is 5.34. The van der Waals surface area contributed by atoms with Crippen LogP contribution in [-0.4, -0.2) is 40.6 Å². The first-order valence-corrected chi connectivity index (χ1v) is 9.95. The third-order valence-electron chi connectivity index (χ3n) is 3.23. The van der Waals surface area contributed by atoms with Crippen LogP contribution < -0.4 is 4.90 Å². The normalized spacial score (nSPS) is 12.6. The van der Waals surface area contributed by atoms with Gasteiger partial charge in [-0.25, -0.2) is 9.36 Å². The largest absolute Gasteiger partial charge is 0.467 e. The summed E-state index contributed by atoms with van der Waals surface area (Å²) in [5.41, 5.74) is 2.09. The molecule has 0 aliphatic carbocycles. The van der Waals surface area contributed by atoms with Gasteiger partial charge in [0.05, 0.1) is 18.6 Å². The molecule has 9 heteroatoms. The highest BCUT2D eigenvalue weighted by Gasteiger charge is 2.31. The standard InChI is InChI=1S/C14H20NO6PS/c1-9-6-5-7-10(2)13(9)15(11(3)14(17)21-4)12(16)8-23-22(18,19)20/h5-7,11H,8H2,1-4H3,(H2,18,19,20). The van der Waals surface area contributed by atoms with Crippen molar-refractivity contribution in [2.75, 3.05) is 17.8 Å². The van der Waals surface area contributed by atoms with E-state index >= 15 is 0 Å². The molecule has 7 nitrogen and oxygen atoms in total. The molecule has 0 saturated carbocycles. The molecule has 0 saturated heterocycles. The first-order chi connectivity index (χ1) is 10.6. The van der Waals surface area contributed by atoms with Crippen molar-refractivity contribution >= 4 is 35.7 Å². The highest BCUT2D eigenvalue weighted by Crippen LogP contribution is 2.50. The number of nitrogens with zero attached hydrogens (tertiary/aromatic N) is 1. The predicted octanol–water partition coefficient (Wildman–Crippen LogP) is 2.02. The van der Waals surface area contributed by atoms with E-state index in [9.17, 15) is 14.2 Å². The van der Waals surface area contributed by atoms with Crippen LogP contribution in [0.15, 0.2) is 18.2 Å². The van der Waals surface area contributed by atoms with Crippen molar-refractivity contribution in [3.8, 4) is 0 Å². The highest BCUT2D eigenvalue weighted by atomic mass is 32.7. The van der Waals surface area contributed by atoms with Crippen LogP contribution in [0.5, 0.6) is 0 Å². The molecule has 1 amide bonds. The van der Waals surface area contributed by atoms with Crippen LogP contribution in [-0.2, 0) is 18.9 Å². The summed E-state index contributed by atoms with van der Waals surface area (Å²) >= 11 is 0.236. The van der Waals surface area contributed by atoms with Crippen LogP contribution in [0.2, 0.25) is 0 Å². The Kier molecular flexibility index (Phi) is 6.83. The lowest BCUT2D eigenvalue weighted by Crippen LogP contribution is -2.45. The number of methoxy groups -OCH3 is 1. The van der Waals surface area contributed by atoms with Crippen LogP contribution in [0.4, 0.5) is 5.69 Å². The van der Waals surface area contributed by atoms with Crippen molar-refractivity contribution in [2.24, 2.45) is 0 Å². The number of carbonyl (C=O) groups is 2. The molecule has 0 spiro atoms. The van der Waals surface area contributed by atoms with Crippen LogP contribution in [0.25, 0.3) is 0 Å². The Morgan fingerprint density at radius 3 is 2.26 bits per heavy atom. The Hall–Kier alpha value is -1.34. The van der Waals surface area contributed by atoms with E-state index in [4.69, 9.17) is 14.5 Å². The molecule has 1 unspecified atom stereocenters. The Balaban J connectivity index is 3.25. The lowest BCUT2D eigenvalue weighted by Gasteiger charge is -2.30. The molecule has 2 N–H and O–H groups in total. The minimum atomic E-state index is -4.38. The summed E-state index contributed by atoms with van der Waals surface area (Å²) in [4.78, 5) is 43.5. The maximum Gasteiger partial charge on any atom is 0.384 e. The second-order valence-electron chi connectivity index (χ2n) is 4.97. The fraction of sp³-hybridized carbons (Fsp3) is 0.429.